The van der Waals surface area contributed by atoms with Gasteiger partial charge >= 0.3 is 0 Å². The monoisotopic (exact) mass is 461 g/mol. The summed E-state index contributed by atoms with van der Waals surface area (Å²) in [7, 11) is 0. The Morgan fingerprint density at radius 2 is 1.70 bits per heavy atom. The van der Waals surface area contributed by atoms with Gasteiger partial charge in [-0.1, -0.05) is 32.1 Å². The molecule has 0 bridgehead atoms. The number of carbonyl (C=O) groups excluding carboxylic acids is 2. The second kappa shape index (κ2) is 12.9. The summed E-state index contributed by atoms with van der Waals surface area (Å²) in [6.45, 7) is 5.70. The van der Waals surface area contributed by atoms with Crippen LogP contribution in [-0.4, -0.2) is 54.4 Å². The van der Waals surface area contributed by atoms with Gasteiger partial charge in [0.25, 0.3) is 11.8 Å². The summed E-state index contributed by atoms with van der Waals surface area (Å²) in [4.78, 5) is 39.1. The minimum absolute atomic E-state index is 0.0149. The van der Waals surface area contributed by atoms with E-state index in [0.717, 1.165) is 38.5 Å². The quantitative estimate of drug-likeness (QED) is 0.551. The summed E-state index contributed by atoms with van der Waals surface area (Å²) in [5.74, 6) is -0.890. The van der Waals surface area contributed by atoms with Crippen LogP contribution in [0.15, 0.2) is 17.2 Å². The van der Waals surface area contributed by atoms with Crippen molar-refractivity contribution in [1.82, 2.24) is 15.2 Å². The molecule has 8 nitrogen and oxygen atoms in total. The average molecular weight is 462 g/mol. The molecular weight excluding hydrogens is 422 g/mol. The lowest BCUT2D eigenvalue weighted by atomic mass is 9.96. The van der Waals surface area contributed by atoms with Gasteiger partial charge in [0.1, 0.15) is 11.1 Å². The number of ether oxygens (including phenoxy) is 2. The highest BCUT2D eigenvalue weighted by atomic mass is 16.5. The maximum Gasteiger partial charge on any atom is 0.256 e. The van der Waals surface area contributed by atoms with Crippen LogP contribution in [0.4, 0.5) is 0 Å². The molecule has 1 aliphatic heterocycles. The van der Waals surface area contributed by atoms with E-state index in [4.69, 9.17) is 9.47 Å². The van der Waals surface area contributed by atoms with Crippen LogP contribution in [-0.2, 0) is 16.0 Å². The molecule has 0 spiro atoms. The summed E-state index contributed by atoms with van der Waals surface area (Å²) < 4.78 is 12.9. The normalized spacial score (nSPS) is 19.8. The van der Waals surface area contributed by atoms with Crippen molar-refractivity contribution < 1.29 is 19.1 Å². The zero-order valence-electron chi connectivity index (χ0n) is 20.1. The number of nitrogens with zero attached hydrogens (tertiary/aromatic N) is 1. The highest BCUT2D eigenvalue weighted by Crippen LogP contribution is 2.18. The fraction of sp³-hybridized carbons (Fsp3) is 0.720. The number of amides is 2. The molecule has 2 heterocycles. The second-order valence-electron chi connectivity index (χ2n) is 9.44. The first kappa shape index (κ1) is 25.4. The Bertz CT molecular complexity index is 837. The molecule has 1 aliphatic carbocycles. The van der Waals surface area contributed by atoms with E-state index >= 15 is 0 Å². The average Bonchev–Trinajstić information content (AvgIpc) is 3.26. The summed E-state index contributed by atoms with van der Waals surface area (Å²) in [6, 6.07) is 0.0643. The first-order chi connectivity index (χ1) is 15.9. The number of carbonyl (C=O) groups is 2. The number of hydrogen-bond acceptors (Lipinski definition) is 5. The molecular formula is C25H39N3O5. The van der Waals surface area contributed by atoms with E-state index in [1.165, 1.54) is 25.5 Å². The number of rotatable bonds is 9. The standard InChI is InChI=1S/C25H39N3O5/c1-18(2)32-14-12-26-24(30)21-16-28(15-20-11-8-13-33-20)17-22(23(21)29)25(31)27-19-9-6-4-3-5-7-10-19/h16-20H,3-15H2,1-2H3,(H,26,30)(H,27,31)/t20-/m1/s1. The van der Waals surface area contributed by atoms with E-state index in [0.29, 0.717) is 26.3 Å². The predicted molar refractivity (Wildman–Crippen MR) is 127 cm³/mol. The second-order valence-corrected chi connectivity index (χ2v) is 9.44. The molecule has 3 rings (SSSR count). The molecule has 0 radical (unpaired) electrons. The fourth-order valence-electron chi connectivity index (χ4n) is 4.50. The third-order valence-electron chi connectivity index (χ3n) is 6.29. The van der Waals surface area contributed by atoms with Crippen molar-refractivity contribution in [3.05, 3.63) is 33.7 Å². The van der Waals surface area contributed by atoms with Gasteiger partial charge in [0.15, 0.2) is 0 Å². The molecule has 2 amide bonds. The molecule has 2 aliphatic rings. The summed E-state index contributed by atoms with van der Waals surface area (Å²) >= 11 is 0. The van der Waals surface area contributed by atoms with Crippen molar-refractivity contribution in [2.24, 2.45) is 0 Å². The maximum absolute atomic E-state index is 13.1. The van der Waals surface area contributed by atoms with Crippen LogP contribution < -0.4 is 16.1 Å². The third kappa shape index (κ3) is 7.96. The molecule has 1 saturated heterocycles. The van der Waals surface area contributed by atoms with Crippen molar-refractivity contribution in [2.75, 3.05) is 19.8 Å². The van der Waals surface area contributed by atoms with Gasteiger partial charge < -0.3 is 24.7 Å². The Hall–Kier alpha value is -2.19. The lowest BCUT2D eigenvalue weighted by Crippen LogP contribution is -2.40. The van der Waals surface area contributed by atoms with Crippen LogP contribution in [0.2, 0.25) is 0 Å². The molecule has 184 valence electrons. The molecule has 0 aromatic carbocycles. The number of aromatic nitrogens is 1. The molecule has 1 aromatic rings. The van der Waals surface area contributed by atoms with Crippen LogP contribution >= 0.6 is 0 Å². The van der Waals surface area contributed by atoms with Crippen LogP contribution in [0.1, 0.15) is 92.4 Å². The molecule has 0 unspecified atom stereocenters. The minimum atomic E-state index is -0.538. The van der Waals surface area contributed by atoms with Gasteiger partial charge in [0.05, 0.1) is 18.8 Å². The lowest BCUT2D eigenvalue weighted by molar-refractivity contribution is 0.0745. The first-order valence-corrected chi connectivity index (χ1v) is 12.5. The van der Waals surface area contributed by atoms with Gasteiger partial charge in [-0.2, -0.15) is 0 Å². The highest BCUT2D eigenvalue weighted by molar-refractivity contribution is 5.99. The van der Waals surface area contributed by atoms with Crippen LogP contribution in [0, 0.1) is 0 Å². The minimum Gasteiger partial charge on any atom is -0.377 e. The van der Waals surface area contributed by atoms with Crippen molar-refractivity contribution in [1.29, 1.82) is 0 Å². The molecule has 2 N–H and O–H groups in total. The lowest BCUT2D eigenvalue weighted by Gasteiger charge is -2.21. The first-order valence-electron chi connectivity index (χ1n) is 12.5. The van der Waals surface area contributed by atoms with E-state index < -0.39 is 17.2 Å². The summed E-state index contributed by atoms with van der Waals surface area (Å²) in [5, 5.41) is 5.80. The molecule has 1 saturated carbocycles. The summed E-state index contributed by atoms with van der Waals surface area (Å²) in [6.07, 6.45) is 12.7. The van der Waals surface area contributed by atoms with Gasteiger partial charge in [-0.05, 0) is 39.5 Å². The van der Waals surface area contributed by atoms with Gasteiger partial charge in [0, 0.05) is 38.1 Å². The molecule has 2 fully saturated rings. The molecule has 1 aromatic heterocycles. The van der Waals surface area contributed by atoms with Gasteiger partial charge in [-0.15, -0.1) is 0 Å². The van der Waals surface area contributed by atoms with Gasteiger partial charge in [-0.25, -0.2) is 0 Å². The van der Waals surface area contributed by atoms with Crippen molar-refractivity contribution >= 4 is 11.8 Å². The van der Waals surface area contributed by atoms with Crippen LogP contribution in [0.5, 0.6) is 0 Å². The number of nitrogens with one attached hydrogen (secondary N) is 2. The maximum atomic E-state index is 13.1. The van der Waals surface area contributed by atoms with Gasteiger partial charge in [0.2, 0.25) is 5.43 Å². The Kier molecular flexibility index (Phi) is 9.94. The van der Waals surface area contributed by atoms with E-state index in [-0.39, 0.29) is 29.4 Å². The third-order valence-corrected chi connectivity index (χ3v) is 6.29. The number of hydrogen-bond donors (Lipinski definition) is 2. The molecule has 8 heteroatoms. The highest BCUT2D eigenvalue weighted by Gasteiger charge is 2.23. The fourth-order valence-corrected chi connectivity index (χ4v) is 4.50. The molecule has 1 atom stereocenters. The topological polar surface area (TPSA) is 98.7 Å². The predicted octanol–water partition coefficient (Wildman–Crippen LogP) is 3.02. The SMILES string of the molecule is CC(C)OCCNC(=O)c1cn(C[C@H]2CCCO2)cc(C(=O)NC2CCCCCCC2)c1=O. The molecule has 33 heavy (non-hydrogen) atoms. The Morgan fingerprint density at radius 1 is 1.03 bits per heavy atom. The Labute approximate surface area is 196 Å². The zero-order chi connectivity index (χ0) is 23.6. The van der Waals surface area contributed by atoms with E-state index in [2.05, 4.69) is 10.6 Å². The van der Waals surface area contributed by atoms with Crippen molar-refractivity contribution in [3.8, 4) is 0 Å². The largest absolute Gasteiger partial charge is 0.377 e. The van der Waals surface area contributed by atoms with E-state index in [9.17, 15) is 14.4 Å². The van der Waals surface area contributed by atoms with Crippen molar-refractivity contribution in [2.45, 2.75) is 96.4 Å². The summed E-state index contributed by atoms with van der Waals surface area (Å²) in [5.41, 5.74) is -0.548. The Morgan fingerprint density at radius 3 is 2.33 bits per heavy atom. The van der Waals surface area contributed by atoms with E-state index in [1.54, 1.807) is 10.8 Å². The van der Waals surface area contributed by atoms with Gasteiger partial charge in [-0.3, -0.25) is 14.4 Å². The van der Waals surface area contributed by atoms with Crippen LogP contribution in [0.3, 0.4) is 0 Å². The Balaban J connectivity index is 1.77. The van der Waals surface area contributed by atoms with E-state index in [1.807, 2.05) is 13.8 Å². The smallest absolute Gasteiger partial charge is 0.256 e. The zero-order valence-corrected chi connectivity index (χ0v) is 20.1. The van der Waals surface area contributed by atoms with Crippen LogP contribution in [0.25, 0.3) is 0 Å². The number of pyridine rings is 1. The van der Waals surface area contributed by atoms with Crippen molar-refractivity contribution in [3.63, 3.8) is 0 Å².